The average Bonchev–Trinajstić information content (AvgIpc) is 3.01. The summed E-state index contributed by atoms with van der Waals surface area (Å²) in [5.74, 6) is 0. The van der Waals surface area contributed by atoms with E-state index in [0.29, 0.717) is 29.5 Å². The molecule has 8 nitrogen and oxygen atoms in total. The van der Waals surface area contributed by atoms with Gasteiger partial charge in [0.15, 0.2) is 0 Å². The van der Waals surface area contributed by atoms with Crippen molar-refractivity contribution in [3.63, 3.8) is 0 Å². The molecule has 3 N–H and O–H groups in total. The maximum atomic E-state index is 11.7. The van der Waals surface area contributed by atoms with Crippen molar-refractivity contribution in [3.05, 3.63) is 35.9 Å². The van der Waals surface area contributed by atoms with E-state index >= 15 is 0 Å². The second-order valence-electron chi connectivity index (χ2n) is 4.22. The van der Waals surface area contributed by atoms with Gasteiger partial charge in [-0.3, -0.25) is 0 Å². The van der Waals surface area contributed by atoms with Crippen molar-refractivity contribution in [1.82, 2.24) is 20.1 Å². The number of ether oxygens (including phenoxy) is 1. The van der Waals surface area contributed by atoms with E-state index in [2.05, 4.69) is 20.7 Å². The number of amides is 2. The van der Waals surface area contributed by atoms with Gasteiger partial charge >= 0.3 is 6.03 Å². The van der Waals surface area contributed by atoms with E-state index in [1.807, 2.05) is 0 Å². The van der Waals surface area contributed by atoms with Gasteiger partial charge < -0.3 is 20.5 Å². The van der Waals surface area contributed by atoms with Gasteiger partial charge in [0.2, 0.25) is 0 Å². The summed E-state index contributed by atoms with van der Waals surface area (Å²) in [7, 11) is 0. The fraction of sp³-hybridized carbons (Fsp3) is 0.308. The van der Waals surface area contributed by atoms with Gasteiger partial charge in [-0.25, -0.2) is 14.5 Å². The molecule has 1 aromatic carbocycles. The Hall–Kier alpha value is -2.16. The second-order valence-corrected chi connectivity index (χ2v) is 4.63. The second kappa shape index (κ2) is 8.32. The molecule has 1 aromatic heterocycles. The Morgan fingerprint density at radius 3 is 2.95 bits per heavy atom. The number of urea groups is 1. The Kier molecular flexibility index (Phi) is 6.13. The average molecular weight is 326 g/mol. The lowest BCUT2D eigenvalue weighted by Crippen LogP contribution is -2.31. The van der Waals surface area contributed by atoms with E-state index in [1.165, 1.54) is 17.3 Å². The molecule has 2 rings (SSSR count). The van der Waals surface area contributed by atoms with Gasteiger partial charge in [0.05, 0.1) is 30.5 Å². The number of nitrogens with zero attached hydrogens (tertiary/aromatic N) is 3. The molecule has 9 heteroatoms. The molecule has 22 heavy (non-hydrogen) atoms. The molecule has 0 aliphatic rings. The van der Waals surface area contributed by atoms with Crippen LogP contribution in [0, 0.1) is 0 Å². The van der Waals surface area contributed by atoms with Crippen molar-refractivity contribution >= 4 is 23.3 Å². The molecule has 0 aliphatic carbocycles. The maximum absolute atomic E-state index is 11.7. The highest BCUT2D eigenvalue weighted by Gasteiger charge is 2.07. The van der Waals surface area contributed by atoms with Crippen molar-refractivity contribution in [1.29, 1.82) is 0 Å². The summed E-state index contributed by atoms with van der Waals surface area (Å²) in [6.07, 6.45) is 2.95. The van der Waals surface area contributed by atoms with Gasteiger partial charge in [0.1, 0.15) is 12.7 Å². The van der Waals surface area contributed by atoms with Gasteiger partial charge in [0, 0.05) is 12.2 Å². The van der Waals surface area contributed by atoms with Crippen LogP contribution in [0.2, 0.25) is 5.02 Å². The molecule has 0 radical (unpaired) electrons. The van der Waals surface area contributed by atoms with Crippen molar-refractivity contribution in [2.75, 3.05) is 31.7 Å². The van der Waals surface area contributed by atoms with Gasteiger partial charge in [-0.15, -0.1) is 0 Å². The van der Waals surface area contributed by atoms with Crippen LogP contribution in [0.3, 0.4) is 0 Å². The standard InChI is InChI=1S/C13H16ClN5O3/c14-11-7-10(1-2-12(11)19-9-15-8-17-19)18-13(21)16-3-5-22-6-4-20/h1-2,7-9,20H,3-6H2,(H2,16,18,21). The van der Waals surface area contributed by atoms with Crippen molar-refractivity contribution in [2.24, 2.45) is 0 Å². The molecular weight excluding hydrogens is 310 g/mol. The summed E-state index contributed by atoms with van der Waals surface area (Å²) in [4.78, 5) is 15.5. The van der Waals surface area contributed by atoms with E-state index in [9.17, 15) is 4.79 Å². The van der Waals surface area contributed by atoms with Crippen LogP contribution >= 0.6 is 11.6 Å². The zero-order valence-electron chi connectivity index (χ0n) is 11.7. The number of carbonyl (C=O) groups is 1. The number of aliphatic hydroxyl groups excluding tert-OH is 1. The quantitative estimate of drug-likeness (QED) is 0.661. The van der Waals surface area contributed by atoms with E-state index in [4.69, 9.17) is 21.4 Å². The highest BCUT2D eigenvalue weighted by molar-refractivity contribution is 6.32. The largest absolute Gasteiger partial charge is 0.394 e. The topological polar surface area (TPSA) is 101 Å². The lowest BCUT2D eigenvalue weighted by Gasteiger charge is -2.10. The molecule has 118 valence electrons. The molecule has 1 heterocycles. The van der Waals surface area contributed by atoms with Gasteiger partial charge in [0.25, 0.3) is 0 Å². The summed E-state index contributed by atoms with van der Waals surface area (Å²) >= 11 is 6.16. The molecule has 0 saturated heterocycles. The SMILES string of the molecule is O=C(NCCOCCO)Nc1ccc(-n2cncn2)c(Cl)c1. The Morgan fingerprint density at radius 1 is 1.41 bits per heavy atom. The van der Waals surface area contributed by atoms with Crippen LogP contribution in [0.5, 0.6) is 0 Å². The van der Waals surface area contributed by atoms with E-state index in [-0.39, 0.29) is 19.2 Å². The number of anilines is 1. The molecule has 0 atom stereocenters. The molecule has 0 unspecified atom stereocenters. The van der Waals surface area contributed by atoms with Gasteiger partial charge in [-0.1, -0.05) is 11.6 Å². The monoisotopic (exact) mass is 325 g/mol. The number of carbonyl (C=O) groups excluding carboxylic acids is 1. The van der Waals surface area contributed by atoms with E-state index in [1.54, 1.807) is 18.2 Å². The summed E-state index contributed by atoms with van der Waals surface area (Å²) in [6.45, 7) is 0.891. The van der Waals surface area contributed by atoms with Gasteiger partial charge in [-0.2, -0.15) is 5.10 Å². The Balaban J connectivity index is 1.85. The number of aromatic nitrogens is 3. The zero-order chi connectivity index (χ0) is 15.8. The van der Waals surface area contributed by atoms with E-state index in [0.717, 1.165) is 0 Å². The van der Waals surface area contributed by atoms with Crippen LogP contribution in [-0.2, 0) is 4.74 Å². The third-order valence-electron chi connectivity index (χ3n) is 2.64. The number of hydrogen-bond acceptors (Lipinski definition) is 5. The summed E-state index contributed by atoms with van der Waals surface area (Å²) in [5, 5.41) is 18.3. The number of benzene rings is 1. The van der Waals surface area contributed by atoms with Crippen molar-refractivity contribution in [2.45, 2.75) is 0 Å². The third-order valence-corrected chi connectivity index (χ3v) is 2.94. The fourth-order valence-electron chi connectivity index (χ4n) is 1.68. The minimum Gasteiger partial charge on any atom is -0.394 e. The maximum Gasteiger partial charge on any atom is 0.319 e. The summed E-state index contributed by atoms with van der Waals surface area (Å²) in [6, 6.07) is 4.71. The van der Waals surface area contributed by atoms with Crippen LogP contribution in [0.1, 0.15) is 0 Å². The van der Waals surface area contributed by atoms with Crippen molar-refractivity contribution in [3.8, 4) is 5.69 Å². The van der Waals surface area contributed by atoms with Gasteiger partial charge in [-0.05, 0) is 18.2 Å². The molecule has 0 saturated carbocycles. The minimum atomic E-state index is -0.364. The fourth-order valence-corrected chi connectivity index (χ4v) is 1.95. The summed E-state index contributed by atoms with van der Waals surface area (Å²) < 4.78 is 6.56. The first-order valence-corrected chi connectivity index (χ1v) is 6.96. The number of hydrogen-bond donors (Lipinski definition) is 3. The lowest BCUT2D eigenvalue weighted by atomic mass is 10.3. The molecule has 2 amide bonds. The molecule has 0 fully saturated rings. The predicted octanol–water partition coefficient (Wildman–Crippen LogP) is 1.05. The molecule has 0 spiro atoms. The first-order chi connectivity index (χ1) is 10.7. The Morgan fingerprint density at radius 2 is 2.27 bits per heavy atom. The Labute approximate surface area is 132 Å². The van der Waals surface area contributed by atoms with Crippen LogP contribution < -0.4 is 10.6 Å². The number of nitrogens with one attached hydrogen (secondary N) is 2. The van der Waals surface area contributed by atoms with Crippen molar-refractivity contribution < 1.29 is 14.6 Å². The van der Waals surface area contributed by atoms with Crippen LogP contribution in [0.25, 0.3) is 5.69 Å². The molecule has 0 bridgehead atoms. The highest BCUT2D eigenvalue weighted by atomic mass is 35.5. The zero-order valence-corrected chi connectivity index (χ0v) is 12.5. The Bertz CT molecular complexity index is 606. The predicted molar refractivity (Wildman–Crippen MR) is 81.3 cm³/mol. The highest BCUT2D eigenvalue weighted by Crippen LogP contribution is 2.23. The lowest BCUT2D eigenvalue weighted by molar-refractivity contribution is 0.0950. The van der Waals surface area contributed by atoms with Crippen LogP contribution in [0.15, 0.2) is 30.9 Å². The number of rotatable bonds is 7. The number of halogens is 1. The normalized spacial score (nSPS) is 10.5. The first-order valence-electron chi connectivity index (χ1n) is 6.58. The molecule has 0 aliphatic heterocycles. The molecule has 2 aromatic rings. The third kappa shape index (κ3) is 4.69. The van der Waals surface area contributed by atoms with Crippen LogP contribution in [0.4, 0.5) is 10.5 Å². The molecular formula is C13H16ClN5O3. The van der Waals surface area contributed by atoms with Crippen LogP contribution in [-0.4, -0.2) is 52.3 Å². The summed E-state index contributed by atoms with van der Waals surface area (Å²) in [5.41, 5.74) is 1.23. The smallest absolute Gasteiger partial charge is 0.319 e. The first kappa shape index (κ1) is 16.2. The van der Waals surface area contributed by atoms with E-state index < -0.39 is 0 Å². The number of aliphatic hydroxyl groups is 1. The minimum absolute atomic E-state index is 0.0389.